The number of nitrogens with zero attached hydrogens (tertiary/aromatic N) is 2. The van der Waals surface area contributed by atoms with Gasteiger partial charge in [0, 0.05) is 29.6 Å². The van der Waals surface area contributed by atoms with Crippen molar-refractivity contribution in [3.8, 4) is 22.4 Å². The van der Waals surface area contributed by atoms with Crippen LogP contribution in [0.3, 0.4) is 0 Å². The van der Waals surface area contributed by atoms with Crippen LogP contribution in [0.5, 0.6) is 0 Å². The zero-order valence-electron chi connectivity index (χ0n) is 19.6. The highest BCUT2D eigenvalue weighted by atomic mass is 19.1. The summed E-state index contributed by atoms with van der Waals surface area (Å²) in [5.41, 5.74) is 8.74. The van der Waals surface area contributed by atoms with Gasteiger partial charge in [-0.15, -0.1) is 0 Å². The number of carbonyl (C=O) groups is 1. The molecule has 5 aromatic rings. The molecule has 6 rings (SSSR count). The number of anilines is 1. The van der Waals surface area contributed by atoms with Crippen LogP contribution in [0.1, 0.15) is 34.5 Å². The Morgan fingerprint density at radius 2 is 1.63 bits per heavy atom. The molecule has 1 N–H and O–H groups in total. The first-order valence-corrected chi connectivity index (χ1v) is 12.1. The molecular weight excluding hydrogens is 437 g/mol. The first-order chi connectivity index (χ1) is 17.1. The summed E-state index contributed by atoms with van der Waals surface area (Å²) < 4.78 is 18.0. The third-order valence-electron chi connectivity index (χ3n) is 6.86. The predicted octanol–water partition coefficient (Wildman–Crippen LogP) is 7.11. The summed E-state index contributed by atoms with van der Waals surface area (Å²) in [5.74, 6) is -0.398. The van der Waals surface area contributed by atoms with Crippen LogP contribution in [0.25, 0.3) is 28.0 Å². The van der Waals surface area contributed by atoms with Gasteiger partial charge in [0.15, 0.2) is 0 Å². The summed E-state index contributed by atoms with van der Waals surface area (Å²) in [6.07, 6.45) is 5.03. The fourth-order valence-electron chi connectivity index (χ4n) is 5.20. The number of imidazole rings is 1. The van der Waals surface area contributed by atoms with E-state index in [9.17, 15) is 9.18 Å². The van der Waals surface area contributed by atoms with Crippen LogP contribution in [0, 0.1) is 12.7 Å². The molecule has 4 nitrogen and oxygen atoms in total. The Kier molecular flexibility index (Phi) is 5.25. The fraction of sp³-hybridized carbons (Fsp3) is 0.167. The van der Waals surface area contributed by atoms with Crippen LogP contribution in [0.4, 0.5) is 10.1 Å². The van der Waals surface area contributed by atoms with Crippen LogP contribution >= 0.6 is 0 Å². The lowest BCUT2D eigenvalue weighted by molar-refractivity contribution is 0.102. The van der Waals surface area contributed by atoms with Crippen molar-refractivity contribution in [2.45, 2.75) is 32.7 Å². The quantitative estimate of drug-likeness (QED) is 0.303. The van der Waals surface area contributed by atoms with Crippen molar-refractivity contribution >= 4 is 17.2 Å². The molecule has 1 aliphatic heterocycles. The molecule has 0 atom stereocenters. The number of hydrogen-bond donors (Lipinski definition) is 1. The smallest absolute Gasteiger partial charge is 0.273 e. The third kappa shape index (κ3) is 3.73. The molecule has 1 amide bonds. The lowest BCUT2D eigenvalue weighted by Gasteiger charge is -2.10. The Hall–Kier alpha value is -4.12. The molecule has 0 aliphatic carbocycles. The maximum Gasteiger partial charge on any atom is 0.273 e. The van der Waals surface area contributed by atoms with Gasteiger partial charge < -0.3 is 9.88 Å². The van der Waals surface area contributed by atoms with Gasteiger partial charge in [-0.3, -0.25) is 9.20 Å². The number of aryl methyl sites for hydroxylation is 3. The molecule has 2 aromatic heterocycles. The monoisotopic (exact) mass is 463 g/mol. The number of carbonyl (C=O) groups excluding carboxylic acids is 1. The lowest BCUT2D eigenvalue weighted by Crippen LogP contribution is -2.15. The zero-order chi connectivity index (χ0) is 23.9. The van der Waals surface area contributed by atoms with Crippen LogP contribution in [0.15, 0.2) is 85.1 Å². The van der Waals surface area contributed by atoms with E-state index in [4.69, 9.17) is 0 Å². The second-order valence-corrected chi connectivity index (χ2v) is 9.21. The largest absolute Gasteiger partial charge is 0.325 e. The molecule has 0 saturated heterocycles. The molecule has 5 heteroatoms. The lowest BCUT2D eigenvalue weighted by atomic mass is 9.98. The molecule has 0 fully saturated rings. The van der Waals surface area contributed by atoms with Gasteiger partial charge in [0.05, 0.1) is 5.69 Å². The van der Waals surface area contributed by atoms with E-state index >= 15 is 0 Å². The first kappa shape index (κ1) is 21.4. The predicted molar refractivity (Wildman–Crippen MR) is 138 cm³/mol. The standard InChI is InChI=1S/C30H26FN3O/c1-20-10-16-24(17-11-20)32-29(35)28-27(22-7-3-2-4-8-22)25-9-5-6-18-33-26(19-34(28)30(25)33)21-12-14-23(31)15-13-21/h2-4,7-8,10-17,19H,5-6,9,18H2,1H3,(H,32,35). The van der Waals surface area contributed by atoms with Crippen LogP contribution in [-0.4, -0.2) is 14.9 Å². The topological polar surface area (TPSA) is 38.4 Å². The SMILES string of the molecule is Cc1ccc(NC(=O)c2c(-c3ccccc3)c3c4n(c(-c5ccc(F)cc5)cn24)CCCC3)cc1. The van der Waals surface area contributed by atoms with Crippen LogP contribution in [0.2, 0.25) is 0 Å². The molecule has 35 heavy (non-hydrogen) atoms. The van der Waals surface area contributed by atoms with Crippen molar-refractivity contribution in [3.05, 3.63) is 108 Å². The Labute approximate surface area is 203 Å². The van der Waals surface area contributed by atoms with Crippen LogP contribution < -0.4 is 5.32 Å². The molecule has 174 valence electrons. The minimum Gasteiger partial charge on any atom is -0.325 e. The molecule has 0 saturated carbocycles. The van der Waals surface area contributed by atoms with Gasteiger partial charge in [-0.2, -0.15) is 0 Å². The summed E-state index contributed by atoms with van der Waals surface area (Å²) >= 11 is 0. The molecule has 0 radical (unpaired) electrons. The van der Waals surface area contributed by atoms with Crippen LogP contribution in [-0.2, 0) is 13.0 Å². The number of halogens is 1. The number of amides is 1. The minimum atomic E-state index is -0.256. The van der Waals surface area contributed by atoms with Gasteiger partial charge in [0.25, 0.3) is 5.91 Å². The van der Waals surface area contributed by atoms with Crippen molar-refractivity contribution in [1.82, 2.24) is 8.97 Å². The average Bonchev–Trinajstić information content (AvgIpc) is 3.29. The average molecular weight is 464 g/mol. The summed E-state index contributed by atoms with van der Waals surface area (Å²) in [4.78, 5) is 13.9. The fourth-order valence-corrected chi connectivity index (χ4v) is 5.20. The Balaban J connectivity index is 1.60. The summed E-state index contributed by atoms with van der Waals surface area (Å²) in [6.45, 7) is 2.88. The minimum absolute atomic E-state index is 0.141. The van der Waals surface area contributed by atoms with Gasteiger partial charge in [0.2, 0.25) is 0 Å². The normalized spacial score (nSPS) is 13.1. The van der Waals surface area contributed by atoms with E-state index in [1.165, 1.54) is 17.7 Å². The zero-order valence-corrected chi connectivity index (χ0v) is 19.6. The summed E-state index contributed by atoms with van der Waals surface area (Å²) in [7, 11) is 0. The highest BCUT2D eigenvalue weighted by molar-refractivity contribution is 6.10. The Morgan fingerprint density at radius 1 is 0.886 bits per heavy atom. The number of rotatable bonds is 4. The summed E-state index contributed by atoms with van der Waals surface area (Å²) in [5, 5.41) is 3.12. The number of aromatic nitrogens is 2. The van der Waals surface area contributed by atoms with Crippen molar-refractivity contribution in [2.75, 3.05) is 5.32 Å². The second kappa shape index (κ2) is 8.58. The number of benzene rings is 3. The number of nitrogens with one attached hydrogen (secondary N) is 1. The molecule has 0 unspecified atom stereocenters. The molecule has 0 bridgehead atoms. The van der Waals surface area contributed by atoms with Crippen molar-refractivity contribution < 1.29 is 9.18 Å². The van der Waals surface area contributed by atoms with E-state index in [-0.39, 0.29) is 11.7 Å². The van der Waals surface area contributed by atoms with Crippen molar-refractivity contribution in [3.63, 3.8) is 0 Å². The molecular formula is C30H26FN3O. The maximum absolute atomic E-state index is 13.9. The van der Waals surface area contributed by atoms with Crippen molar-refractivity contribution in [1.29, 1.82) is 0 Å². The highest BCUT2D eigenvalue weighted by Crippen LogP contribution is 2.39. The van der Waals surface area contributed by atoms with Gasteiger partial charge in [-0.25, -0.2) is 4.39 Å². The first-order valence-electron chi connectivity index (χ1n) is 12.1. The number of hydrogen-bond acceptors (Lipinski definition) is 1. The highest BCUT2D eigenvalue weighted by Gasteiger charge is 2.29. The van der Waals surface area contributed by atoms with Crippen molar-refractivity contribution in [2.24, 2.45) is 0 Å². The second-order valence-electron chi connectivity index (χ2n) is 9.21. The molecule has 3 aromatic carbocycles. The van der Waals surface area contributed by atoms with Gasteiger partial charge in [0.1, 0.15) is 17.2 Å². The maximum atomic E-state index is 13.9. The summed E-state index contributed by atoms with van der Waals surface area (Å²) in [6, 6.07) is 24.6. The van der Waals surface area contributed by atoms with Gasteiger partial charge >= 0.3 is 0 Å². The Bertz CT molecular complexity index is 1530. The van der Waals surface area contributed by atoms with E-state index < -0.39 is 0 Å². The third-order valence-corrected chi connectivity index (χ3v) is 6.86. The van der Waals surface area contributed by atoms with E-state index in [0.29, 0.717) is 5.69 Å². The molecule has 0 spiro atoms. The van der Waals surface area contributed by atoms with E-state index in [2.05, 4.69) is 22.0 Å². The molecule has 3 heterocycles. The Morgan fingerprint density at radius 3 is 2.37 bits per heavy atom. The molecule has 1 aliphatic rings. The van der Waals surface area contributed by atoms with Gasteiger partial charge in [-0.05, 0) is 73.7 Å². The van der Waals surface area contributed by atoms with E-state index in [1.54, 1.807) is 0 Å². The van der Waals surface area contributed by atoms with E-state index in [0.717, 1.165) is 65.1 Å². The van der Waals surface area contributed by atoms with Gasteiger partial charge in [-0.1, -0.05) is 48.0 Å². The van der Waals surface area contributed by atoms with E-state index in [1.807, 2.05) is 72.1 Å².